The number of hydrogen-bond acceptors (Lipinski definition) is 3. The highest BCUT2D eigenvalue weighted by Crippen LogP contribution is 2.21. The molecule has 0 spiro atoms. The summed E-state index contributed by atoms with van der Waals surface area (Å²) in [5.74, 6) is 0.275. The van der Waals surface area contributed by atoms with Crippen LogP contribution in [0.15, 0.2) is 47.5 Å². The van der Waals surface area contributed by atoms with Gasteiger partial charge in [-0.3, -0.25) is 4.79 Å². The van der Waals surface area contributed by atoms with E-state index in [0.29, 0.717) is 11.3 Å². The fourth-order valence-electron chi connectivity index (χ4n) is 2.83. The quantitative estimate of drug-likeness (QED) is 0.680. The van der Waals surface area contributed by atoms with E-state index in [4.69, 9.17) is 4.74 Å². The molecule has 0 aliphatic rings. The fourth-order valence-corrected chi connectivity index (χ4v) is 3.95. The molecule has 0 aliphatic carbocycles. The van der Waals surface area contributed by atoms with Crippen LogP contribution in [0.4, 0.5) is 0 Å². The van der Waals surface area contributed by atoms with Crippen molar-refractivity contribution in [1.82, 2.24) is 4.57 Å². The van der Waals surface area contributed by atoms with Crippen LogP contribution in [-0.4, -0.2) is 17.6 Å². The monoisotopic (exact) mass is 354 g/mol. The number of aromatic nitrogens is 1. The van der Waals surface area contributed by atoms with E-state index in [2.05, 4.69) is 41.6 Å². The summed E-state index contributed by atoms with van der Waals surface area (Å²) in [4.78, 5) is 17.8. The molecular formula is C20H22N2O2S. The van der Waals surface area contributed by atoms with Crippen molar-refractivity contribution >= 4 is 27.5 Å². The first-order valence-electron chi connectivity index (χ1n) is 8.52. The van der Waals surface area contributed by atoms with Crippen LogP contribution >= 0.6 is 11.3 Å². The standard InChI is InChI=1S/C20H22N2O2S/c1-4-12-22-16-11-10-14(5-2)13-18(16)25-20(22)21-19(23)15-8-6-7-9-17(15)24-3/h6-11,13H,4-5,12H2,1-3H3. The van der Waals surface area contributed by atoms with Crippen LogP contribution in [0.1, 0.15) is 36.2 Å². The third-order valence-corrected chi connectivity index (χ3v) is 5.18. The van der Waals surface area contributed by atoms with Crippen molar-refractivity contribution in [2.75, 3.05) is 7.11 Å². The van der Waals surface area contributed by atoms with Crippen LogP contribution in [0.2, 0.25) is 0 Å². The molecule has 0 radical (unpaired) electrons. The highest BCUT2D eigenvalue weighted by molar-refractivity contribution is 7.16. The molecule has 3 rings (SSSR count). The number of benzene rings is 2. The highest BCUT2D eigenvalue weighted by atomic mass is 32.1. The smallest absolute Gasteiger partial charge is 0.283 e. The lowest BCUT2D eigenvalue weighted by atomic mass is 10.2. The van der Waals surface area contributed by atoms with Gasteiger partial charge in [-0.25, -0.2) is 0 Å². The summed E-state index contributed by atoms with van der Waals surface area (Å²) in [6, 6.07) is 13.7. The molecule has 130 valence electrons. The minimum Gasteiger partial charge on any atom is -0.496 e. The molecule has 1 amide bonds. The third-order valence-electron chi connectivity index (χ3n) is 4.14. The van der Waals surface area contributed by atoms with Crippen molar-refractivity contribution in [3.63, 3.8) is 0 Å². The molecule has 1 aromatic heterocycles. The largest absolute Gasteiger partial charge is 0.496 e. The zero-order valence-electron chi connectivity index (χ0n) is 14.8. The maximum Gasteiger partial charge on any atom is 0.283 e. The second-order valence-corrected chi connectivity index (χ2v) is 6.82. The fraction of sp³-hybridized carbons (Fsp3) is 0.300. The van der Waals surface area contributed by atoms with Gasteiger partial charge in [-0.05, 0) is 42.7 Å². The van der Waals surface area contributed by atoms with Crippen molar-refractivity contribution in [3.05, 3.63) is 58.4 Å². The van der Waals surface area contributed by atoms with E-state index in [0.717, 1.165) is 29.7 Å². The molecule has 1 heterocycles. The van der Waals surface area contributed by atoms with Crippen molar-refractivity contribution in [1.29, 1.82) is 0 Å². The molecular weight excluding hydrogens is 332 g/mol. The first kappa shape index (κ1) is 17.4. The van der Waals surface area contributed by atoms with Gasteiger partial charge in [0.25, 0.3) is 5.91 Å². The Kier molecular flexibility index (Phi) is 5.34. The van der Waals surface area contributed by atoms with E-state index in [-0.39, 0.29) is 5.91 Å². The first-order chi connectivity index (χ1) is 12.2. The molecule has 0 N–H and O–H groups in total. The minimum atomic E-state index is -0.274. The van der Waals surface area contributed by atoms with Gasteiger partial charge in [-0.15, -0.1) is 0 Å². The lowest BCUT2D eigenvalue weighted by Crippen LogP contribution is -2.17. The predicted molar refractivity (Wildman–Crippen MR) is 102 cm³/mol. The molecule has 4 nitrogen and oxygen atoms in total. The summed E-state index contributed by atoms with van der Waals surface area (Å²) in [6.45, 7) is 5.11. The van der Waals surface area contributed by atoms with Crippen molar-refractivity contribution < 1.29 is 9.53 Å². The Balaban J connectivity index is 2.14. The van der Waals surface area contributed by atoms with Crippen LogP contribution in [0.25, 0.3) is 10.2 Å². The molecule has 0 atom stereocenters. The molecule has 0 saturated carbocycles. The Morgan fingerprint density at radius 2 is 2.00 bits per heavy atom. The number of amides is 1. The second-order valence-electron chi connectivity index (χ2n) is 5.81. The van der Waals surface area contributed by atoms with E-state index in [1.165, 1.54) is 10.3 Å². The Labute approximate surface area is 151 Å². The van der Waals surface area contributed by atoms with Crippen molar-refractivity contribution in [2.24, 2.45) is 4.99 Å². The van der Waals surface area contributed by atoms with Gasteiger partial charge in [-0.2, -0.15) is 4.99 Å². The zero-order chi connectivity index (χ0) is 17.8. The van der Waals surface area contributed by atoms with Crippen LogP contribution in [-0.2, 0) is 13.0 Å². The topological polar surface area (TPSA) is 43.6 Å². The minimum absolute atomic E-state index is 0.274. The van der Waals surface area contributed by atoms with Gasteiger partial charge < -0.3 is 9.30 Å². The first-order valence-corrected chi connectivity index (χ1v) is 9.34. The van der Waals surface area contributed by atoms with E-state index < -0.39 is 0 Å². The number of carbonyl (C=O) groups is 1. The van der Waals surface area contributed by atoms with Crippen LogP contribution in [0.5, 0.6) is 5.75 Å². The Morgan fingerprint density at radius 3 is 2.72 bits per heavy atom. The average molecular weight is 354 g/mol. The summed E-state index contributed by atoms with van der Waals surface area (Å²) in [7, 11) is 1.56. The second kappa shape index (κ2) is 7.66. The van der Waals surface area contributed by atoms with Gasteiger partial charge in [-0.1, -0.05) is 43.4 Å². The highest BCUT2D eigenvalue weighted by Gasteiger charge is 2.12. The predicted octanol–water partition coefficient (Wildman–Crippen LogP) is 4.42. The summed E-state index contributed by atoms with van der Waals surface area (Å²) in [5.41, 5.74) is 2.91. The number of hydrogen-bond donors (Lipinski definition) is 0. The van der Waals surface area contributed by atoms with E-state index >= 15 is 0 Å². The molecule has 0 aliphatic heterocycles. The van der Waals surface area contributed by atoms with Crippen LogP contribution in [0, 0.1) is 0 Å². The third kappa shape index (κ3) is 3.51. The van der Waals surface area contributed by atoms with Crippen LogP contribution < -0.4 is 9.54 Å². The molecule has 0 fully saturated rings. The normalized spacial score (nSPS) is 11.9. The summed E-state index contributed by atoms with van der Waals surface area (Å²) < 4.78 is 8.58. The van der Waals surface area contributed by atoms with Gasteiger partial charge in [0, 0.05) is 6.54 Å². The lowest BCUT2D eigenvalue weighted by Gasteiger charge is -2.05. The molecule has 3 aromatic rings. The number of methoxy groups -OCH3 is 1. The van der Waals surface area contributed by atoms with E-state index in [9.17, 15) is 4.79 Å². The molecule has 0 bridgehead atoms. The molecule has 2 aromatic carbocycles. The Morgan fingerprint density at radius 1 is 1.20 bits per heavy atom. The SMILES string of the molecule is CCCn1c(=NC(=O)c2ccccc2OC)sc2cc(CC)ccc21. The summed E-state index contributed by atoms with van der Waals surface area (Å²) in [6.07, 6.45) is 1.98. The van der Waals surface area contributed by atoms with Gasteiger partial charge >= 0.3 is 0 Å². The number of rotatable bonds is 5. The maximum absolute atomic E-state index is 12.7. The Hall–Kier alpha value is -2.40. The van der Waals surface area contributed by atoms with Gasteiger partial charge in [0.15, 0.2) is 4.80 Å². The number of carbonyl (C=O) groups excluding carboxylic acids is 1. The molecule has 25 heavy (non-hydrogen) atoms. The number of nitrogens with zero attached hydrogens (tertiary/aromatic N) is 2. The number of para-hydroxylation sites is 1. The number of aryl methyl sites for hydroxylation is 2. The summed E-state index contributed by atoms with van der Waals surface area (Å²) >= 11 is 1.56. The number of fused-ring (bicyclic) bond motifs is 1. The Bertz CT molecular complexity index is 969. The number of thiazole rings is 1. The van der Waals surface area contributed by atoms with Gasteiger partial charge in [0.2, 0.25) is 0 Å². The lowest BCUT2D eigenvalue weighted by molar-refractivity contribution is 0.0995. The van der Waals surface area contributed by atoms with Gasteiger partial charge in [0.1, 0.15) is 5.75 Å². The number of ether oxygens (including phenoxy) is 1. The van der Waals surface area contributed by atoms with Gasteiger partial charge in [0.05, 0.1) is 22.9 Å². The molecule has 5 heteroatoms. The maximum atomic E-state index is 12.7. The van der Waals surface area contributed by atoms with Crippen molar-refractivity contribution in [2.45, 2.75) is 33.2 Å². The van der Waals surface area contributed by atoms with Crippen molar-refractivity contribution in [3.8, 4) is 5.75 Å². The van der Waals surface area contributed by atoms with E-state index in [1.807, 2.05) is 12.1 Å². The van der Waals surface area contributed by atoms with E-state index in [1.54, 1.807) is 30.6 Å². The molecule has 0 unspecified atom stereocenters. The molecule has 0 saturated heterocycles. The summed E-state index contributed by atoms with van der Waals surface area (Å²) in [5, 5.41) is 0. The van der Waals surface area contributed by atoms with Crippen LogP contribution in [0.3, 0.4) is 0 Å². The zero-order valence-corrected chi connectivity index (χ0v) is 15.6. The average Bonchev–Trinajstić information content (AvgIpc) is 2.98.